The minimum atomic E-state index is -3.54. The van der Waals surface area contributed by atoms with E-state index in [9.17, 15) is 13.2 Å². The van der Waals surface area contributed by atoms with Gasteiger partial charge in [0.15, 0.2) is 0 Å². The highest BCUT2D eigenvalue weighted by molar-refractivity contribution is 7.89. The van der Waals surface area contributed by atoms with E-state index in [0.717, 1.165) is 37.3 Å². The second kappa shape index (κ2) is 10.4. The molecule has 0 spiro atoms. The molecule has 0 radical (unpaired) electrons. The monoisotopic (exact) mass is 473 g/mol. The Balaban J connectivity index is 1.32. The molecule has 2 saturated heterocycles. The van der Waals surface area contributed by atoms with Gasteiger partial charge in [-0.25, -0.2) is 8.42 Å². The van der Waals surface area contributed by atoms with Gasteiger partial charge in [0.2, 0.25) is 15.9 Å². The molecule has 0 saturated carbocycles. The average Bonchev–Trinajstić information content (AvgIpc) is 3.54. The maximum atomic E-state index is 13.0. The van der Waals surface area contributed by atoms with Crippen LogP contribution in [-0.4, -0.2) is 56.3 Å². The number of amides is 1. The van der Waals surface area contributed by atoms with Gasteiger partial charge in [-0.2, -0.15) is 4.31 Å². The Morgan fingerprint density at radius 1 is 1.06 bits per heavy atom. The summed E-state index contributed by atoms with van der Waals surface area (Å²) in [4.78, 5) is 15.6. The van der Waals surface area contributed by atoms with Crippen LogP contribution in [0.4, 0.5) is 0 Å². The van der Waals surface area contributed by atoms with E-state index in [1.165, 1.54) is 4.31 Å². The van der Waals surface area contributed by atoms with E-state index in [4.69, 9.17) is 4.42 Å². The topological polar surface area (TPSA) is 82.9 Å². The van der Waals surface area contributed by atoms with E-state index in [2.05, 4.69) is 24.1 Å². The third-order valence-electron chi connectivity index (χ3n) is 6.93. The fraction of sp³-hybridized carbons (Fsp3) is 0.560. The van der Waals surface area contributed by atoms with Crippen LogP contribution in [0.5, 0.6) is 0 Å². The van der Waals surface area contributed by atoms with Crippen molar-refractivity contribution in [2.24, 2.45) is 5.92 Å². The first-order valence-corrected chi connectivity index (χ1v) is 13.5. The van der Waals surface area contributed by atoms with Crippen molar-refractivity contribution in [3.05, 3.63) is 54.0 Å². The van der Waals surface area contributed by atoms with Gasteiger partial charge in [-0.15, -0.1) is 0 Å². The van der Waals surface area contributed by atoms with Gasteiger partial charge in [0.05, 0.1) is 17.2 Å². The molecule has 1 aromatic carbocycles. The molecular formula is C25H35N3O4S. The molecule has 1 aromatic heterocycles. The SMILES string of the molecule is CC(C)c1ccc(S(=O)(=O)N2CCC(C(=O)NCC(c3ccco3)N3CCCC3)CC2)cc1. The second-order valence-corrected chi connectivity index (χ2v) is 11.4. The molecule has 1 unspecified atom stereocenters. The zero-order valence-corrected chi connectivity index (χ0v) is 20.4. The van der Waals surface area contributed by atoms with Gasteiger partial charge in [0.1, 0.15) is 5.76 Å². The number of benzene rings is 1. The standard InChI is InChI=1S/C25H35N3O4S/c1-19(2)20-7-9-22(10-8-20)33(30,31)28-15-11-21(12-16-28)25(29)26-18-23(24-6-5-17-32-24)27-13-3-4-14-27/h5-10,17,19,21,23H,3-4,11-16,18H2,1-2H3,(H,26,29). The predicted molar refractivity (Wildman–Crippen MR) is 127 cm³/mol. The van der Waals surface area contributed by atoms with Crippen molar-refractivity contribution in [1.82, 2.24) is 14.5 Å². The lowest BCUT2D eigenvalue weighted by Crippen LogP contribution is -2.44. The Kier molecular flexibility index (Phi) is 7.56. The van der Waals surface area contributed by atoms with Crippen molar-refractivity contribution in [3.63, 3.8) is 0 Å². The lowest BCUT2D eigenvalue weighted by atomic mass is 9.97. The number of piperidine rings is 1. The van der Waals surface area contributed by atoms with Crippen molar-refractivity contribution in [3.8, 4) is 0 Å². The normalized spacial score (nSPS) is 19.7. The molecule has 1 N–H and O–H groups in total. The summed E-state index contributed by atoms with van der Waals surface area (Å²) in [5.41, 5.74) is 1.12. The number of carbonyl (C=O) groups is 1. The van der Waals surface area contributed by atoms with E-state index < -0.39 is 10.0 Å². The smallest absolute Gasteiger partial charge is 0.243 e. The van der Waals surface area contributed by atoms with E-state index in [1.807, 2.05) is 24.3 Å². The average molecular weight is 474 g/mol. The molecule has 8 heteroatoms. The summed E-state index contributed by atoms with van der Waals surface area (Å²) >= 11 is 0. The summed E-state index contributed by atoms with van der Waals surface area (Å²) in [5.74, 6) is 1.06. The lowest BCUT2D eigenvalue weighted by molar-refractivity contribution is -0.126. The van der Waals surface area contributed by atoms with Gasteiger partial charge in [0.25, 0.3) is 0 Å². The third kappa shape index (κ3) is 5.50. The van der Waals surface area contributed by atoms with Crippen molar-refractivity contribution in [1.29, 1.82) is 0 Å². The number of nitrogens with one attached hydrogen (secondary N) is 1. The number of hydrogen-bond donors (Lipinski definition) is 1. The van der Waals surface area contributed by atoms with Crippen LogP contribution in [0.15, 0.2) is 52.0 Å². The number of likely N-dealkylation sites (tertiary alicyclic amines) is 1. The number of sulfonamides is 1. The third-order valence-corrected chi connectivity index (χ3v) is 8.84. The molecule has 7 nitrogen and oxygen atoms in total. The van der Waals surface area contributed by atoms with Crippen LogP contribution in [0.3, 0.4) is 0 Å². The first-order valence-electron chi connectivity index (χ1n) is 12.0. The first-order chi connectivity index (χ1) is 15.9. The van der Waals surface area contributed by atoms with Crippen LogP contribution in [0, 0.1) is 5.92 Å². The minimum absolute atomic E-state index is 0.00378. The largest absolute Gasteiger partial charge is 0.468 e. The van der Waals surface area contributed by atoms with Gasteiger partial charge in [-0.1, -0.05) is 26.0 Å². The van der Waals surface area contributed by atoms with Crippen LogP contribution < -0.4 is 5.32 Å². The van der Waals surface area contributed by atoms with Crippen molar-refractivity contribution < 1.29 is 17.6 Å². The van der Waals surface area contributed by atoms with Crippen LogP contribution in [-0.2, 0) is 14.8 Å². The number of carbonyl (C=O) groups excluding carboxylic acids is 1. The Morgan fingerprint density at radius 2 is 1.73 bits per heavy atom. The molecule has 4 rings (SSSR count). The molecular weight excluding hydrogens is 438 g/mol. The van der Waals surface area contributed by atoms with Gasteiger partial charge >= 0.3 is 0 Å². The summed E-state index contributed by atoms with van der Waals surface area (Å²) in [6.07, 6.45) is 5.07. The highest BCUT2D eigenvalue weighted by Crippen LogP contribution is 2.27. The fourth-order valence-electron chi connectivity index (χ4n) is 4.82. The number of rotatable bonds is 8. The quantitative estimate of drug-likeness (QED) is 0.631. The molecule has 2 aliphatic heterocycles. The van der Waals surface area contributed by atoms with Crippen LogP contribution in [0.1, 0.15) is 62.8 Å². The van der Waals surface area contributed by atoms with Gasteiger partial charge in [-0.05, 0) is 74.5 Å². The molecule has 0 aliphatic carbocycles. The molecule has 1 amide bonds. The molecule has 0 bridgehead atoms. The molecule has 2 aromatic rings. The second-order valence-electron chi connectivity index (χ2n) is 9.42. The van der Waals surface area contributed by atoms with E-state index in [0.29, 0.717) is 43.3 Å². The van der Waals surface area contributed by atoms with Crippen molar-refractivity contribution in [2.75, 3.05) is 32.7 Å². The zero-order chi connectivity index (χ0) is 23.4. The maximum Gasteiger partial charge on any atom is 0.243 e. The number of hydrogen-bond acceptors (Lipinski definition) is 5. The molecule has 2 aliphatic rings. The Hall–Kier alpha value is -2.16. The first kappa shape index (κ1) is 24.0. The van der Waals surface area contributed by atoms with Crippen LogP contribution >= 0.6 is 0 Å². The van der Waals surface area contributed by atoms with Crippen molar-refractivity contribution >= 4 is 15.9 Å². The summed E-state index contributed by atoms with van der Waals surface area (Å²) in [7, 11) is -3.54. The number of nitrogens with zero attached hydrogens (tertiary/aromatic N) is 2. The summed E-state index contributed by atoms with van der Waals surface area (Å²) in [6, 6.07) is 11.0. The Labute approximate surface area is 197 Å². The van der Waals surface area contributed by atoms with E-state index in [-0.39, 0.29) is 17.9 Å². The van der Waals surface area contributed by atoms with Crippen LogP contribution in [0.2, 0.25) is 0 Å². The van der Waals surface area contributed by atoms with Gasteiger partial charge in [-0.3, -0.25) is 9.69 Å². The summed E-state index contributed by atoms with van der Waals surface area (Å²) in [6.45, 7) is 7.42. The molecule has 33 heavy (non-hydrogen) atoms. The molecule has 3 heterocycles. The highest BCUT2D eigenvalue weighted by Gasteiger charge is 2.33. The van der Waals surface area contributed by atoms with Gasteiger partial charge in [0, 0.05) is 25.6 Å². The van der Waals surface area contributed by atoms with Gasteiger partial charge < -0.3 is 9.73 Å². The Bertz CT molecular complexity index is 1000. The lowest BCUT2D eigenvalue weighted by Gasteiger charge is -2.31. The van der Waals surface area contributed by atoms with Crippen molar-refractivity contribution in [2.45, 2.75) is 56.4 Å². The zero-order valence-electron chi connectivity index (χ0n) is 19.6. The highest BCUT2D eigenvalue weighted by atomic mass is 32.2. The summed E-state index contributed by atoms with van der Waals surface area (Å²) < 4.78 is 33.2. The minimum Gasteiger partial charge on any atom is -0.468 e. The molecule has 180 valence electrons. The number of furan rings is 1. The fourth-order valence-corrected chi connectivity index (χ4v) is 6.29. The molecule has 1 atom stereocenters. The Morgan fingerprint density at radius 3 is 2.30 bits per heavy atom. The molecule has 2 fully saturated rings. The summed E-state index contributed by atoms with van der Waals surface area (Å²) in [5, 5.41) is 3.11. The van der Waals surface area contributed by atoms with Crippen LogP contribution in [0.25, 0.3) is 0 Å². The van der Waals surface area contributed by atoms with E-state index >= 15 is 0 Å². The maximum absolute atomic E-state index is 13.0. The predicted octanol–water partition coefficient (Wildman–Crippen LogP) is 3.76. The van der Waals surface area contributed by atoms with E-state index in [1.54, 1.807) is 18.4 Å².